The zero-order chi connectivity index (χ0) is 13.6. The maximum absolute atomic E-state index is 12.5. The van der Waals surface area contributed by atoms with Crippen molar-refractivity contribution in [3.63, 3.8) is 0 Å². The summed E-state index contributed by atoms with van der Waals surface area (Å²) in [5, 5.41) is 2.90. The van der Waals surface area contributed by atoms with Gasteiger partial charge in [0.2, 0.25) is 0 Å². The molecule has 2 unspecified atom stereocenters. The molecule has 2 rings (SSSR count). The highest BCUT2D eigenvalue weighted by molar-refractivity contribution is 6.07. The Balaban J connectivity index is 2.27. The van der Waals surface area contributed by atoms with Crippen LogP contribution in [-0.2, 0) is 9.53 Å². The number of imide groups is 1. The lowest BCUT2D eigenvalue weighted by Crippen LogP contribution is -2.54. The number of hydrogen-bond donors (Lipinski definition) is 1. The fourth-order valence-corrected chi connectivity index (χ4v) is 3.75. The quantitative estimate of drug-likeness (QED) is 0.763. The molecule has 1 N–H and O–H groups in total. The van der Waals surface area contributed by atoms with Gasteiger partial charge in [-0.05, 0) is 30.6 Å². The van der Waals surface area contributed by atoms with E-state index in [0.29, 0.717) is 12.3 Å². The Morgan fingerprint density at radius 3 is 2.61 bits per heavy atom. The lowest BCUT2D eigenvalue weighted by Gasteiger charge is -2.43. The second kappa shape index (κ2) is 4.23. The minimum atomic E-state index is -0.712. The summed E-state index contributed by atoms with van der Waals surface area (Å²) >= 11 is 0. The van der Waals surface area contributed by atoms with Crippen LogP contribution < -0.4 is 5.32 Å². The molecule has 102 valence electrons. The maximum atomic E-state index is 12.5. The van der Waals surface area contributed by atoms with Gasteiger partial charge < -0.3 is 10.1 Å². The fourth-order valence-electron chi connectivity index (χ4n) is 3.75. The smallest absolute Gasteiger partial charge is 0.326 e. The van der Waals surface area contributed by atoms with Gasteiger partial charge in [-0.15, -0.1) is 0 Å². The van der Waals surface area contributed by atoms with Crippen LogP contribution in [0.25, 0.3) is 0 Å². The predicted molar refractivity (Wildman–Crippen MR) is 66.8 cm³/mol. The standard InChI is InChI=1S/C13H22N2O3/c1-9-5-12(2,3)7-13(6-9)10(16)15(8-18-4)11(17)14-13/h9H,5-8H2,1-4H3,(H,14,17). The third kappa shape index (κ3) is 2.11. The van der Waals surface area contributed by atoms with Crippen LogP contribution in [-0.4, -0.2) is 36.2 Å². The summed E-state index contributed by atoms with van der Waals surface area (Å²) in [7, 11) is 1.49. The Morgan fingerprint density at radius 1 is 1.39 bits per heavy atom. The van der Waals surface area contributed by atoms with Crippen LogP contribution in [0.4, 0.5) is 4.79 Å². The van der Waals surface area contributed by atoms with Crippen molar-refractivity contribution in [2.75, 3.05) is 13.8 Å². The molecule has 18 heavy (non-hydrogen) atoms. The lowest BCUT2D eigenvalue weighted by molar-refractivity contribution is -0.137. The average molecular weight is 254 g/mol. The molecule has 3 amide bonds. The zero-order valence-electron chi connectivity index (χ0n) is 11.6. The Morgan fingerprint density at radius 2 is 2.06 bits per heavy atom. The van der Waals surface area contributed by atoms with Crippen molar-refractivity contribution in [3.05, 3.63) is 0 Å². The summed E-state index contributed by atoms with van der Waals surface area (Å²) in [6.45, 7) is 6.48. The number of carbonyl (C=O) groups is 2. The molecule has 2 atom stereocenters. The molecule has 0 aromatic carbocycles. The van der Waals surface area contributed by atoms with Gasteiger partial charge in [-0.3, -0.25) is 4.79 Å². The molecule has 2 fully saturated rings. The van der Waals surface area contributed by atoms with E-state index < -0.39 is 5.54 Å². The van der Waals surface area contributed by atoms with Crippen molar-refractivity contribution < 1.29 is 14.3 Å². The molecular formula is C13H22N2O3. The second-order valence-electron chi connectivity index (χ2n) is 6.52. The van der Waals surface area contributed by atoms with Crippen molar-refractivity contribution in [1.82, 2.24) is 10.2 Å². The highest BCUT2D eigenvalue weighted by Crippen LogP contribution is 2.46. The number of nitrogens with zero attached hydrogens (tertiary/aromatic N) is 1. The molecule has 0 aromatic heterocycles. The van der Waals surface area contributed by atoms with E-state index in [1.165, 1.54) is 12.0 Å². The zero-order valence-corrected chi connectivity index (χ0v) is 11.6. The maximum Gasteiger partial charge on any atom is 0.326 e. The van der Waals surface area contributed by atoms with Gasteiger partial charge in [0.1, 0.15) is 12.3 Å². The molecule has 2 aliphatic rings. The Labute approximate surface area is 108 Å². The third-order valence-corrected chi connectivity index (χ3v) is 3.88. The molecule has 0 radical (unpaired) electrons. The molecule has 1 saturated heterocycles. The van der Waals surface area contributed by atoms with Crippen molar-refractivity contribution in [2.45, 2.75) is 45.6 Å². The topological polar surface area (TPSA) is 58.6 Å². The van der Waals surface area contributed by atoms with E-state index in [2.05, 4.69) is 26.1 Å². The van der Waals surface area contributed by atoms with E-state index in [-0.39, 0.29) is 24.1 Å². The molecular weight excluding hydrogens is 232 g/mol. The number of nitrogens with one attached hydrogen (secondary N) is 1. The van der Waals surface area contributed by atoms with E-state index in [0.717, 1.165) is 12.8 Å². The molecule has 1 heterocycles. The lowest BCUT2D eigenvalue weighted by atomic mass is 9.64. The number of carbonyl (C=O) groups excluding carboxylic acids is 2. The van der Waals surface area contributed by atoms with Crippen LogP contribution in [0.1, 0.15) is 40.0 Å². The average Bonchev–Trinajstić information content (AvgIpc) is 2.39. The van der Waals surface area contributed by atoms with Crippen LogP contribution in [0.15, 0.2) is 0 Å². The Kier molecular flexibility index (Phi) is 3.13. The highest BCUT2D eigenvalue weighted by Gasteiger charge is 2.56. The fraction of sp³-hybridized carbons (Fsp3) is 0.846. The molecule has 1 spiro atoms. The summed E-state index contributed by atoms with van der Waals surface area (Å²) in [6.07, 6.45) is 2.51. The van der Waals surface area contributed by atoms with Crippen LogP contribution in [0.3, 0.4) is 0 Å². The van der Waals surface area contributed by atoms with Crippen LogP contribution in [0.5, 0.6) is 0 Å². The van der Waals surface area contributed by atoms with Crippen LogP contribution >= 0.6 is 0 Å². The predicted octanol–water partition coefficient (Wildman–Crippen LogP) is 1.73. The Hall–Kier alpha value is -1.10. The first-order valence-corrected chi connectivity index (χ1v) is 6.43. The summed E-state index contributed by atoms with van der Waals surface area (Å²) in [4.78, 5) is 25.5. The molecule has 0 bridgehead atoms. The van der Waals surface area contributed by atoms with Gasteiger partial charge in [0.05, 0.1) is 0 Å². The van der Waals surface area contributed by atoms with E-state index in [1.54, 1.807) is 0 Å². The normalized spacial score (nSPS) is 35.1. The van der Waals surface area contributed by atoms with Crippen molar-refractivity contribution in [2.24, 2.45) is 11.3 Å². The number of ether oxygens (including phenoxy) is 1. The van der Waals surface area contributed by atoms with E-state index in [4.69, 9.17) is 4.74 Å². The number of methoxy groups -OCH3 is 1. The number of urea groups is 1. The second-order valence-corrected chi connectivity index (χ2v) is 6.52. The number of amides is 3. The molecule has 1 aliphatic carbocycles. The van der Waals surface area contributed by atoms with Gasteiger partial charge in [-0.1, -0.05) is 20.8 Å². The van der Waals surface area contributed by atoms with E-state index in [9.17, 15) is 9.59 Å². The van der Waals surface area contributed by atoms with Crippen molar-refractivity contribution in [1.29, 1.82) is 0 Å². The van der Waals surface area contributed by atoms with Gasteiger partial charge in [0.15, 0.2) is 0 Å². The van der Waals surface area contributed by atoms with Crippen molar-refractivity contribution >= 4 is 11.9 Å². The molecule has 1 saturated carbocycles. The summed E-state index contributed by atoms with van der Waals surface area (Å²) in [5.41, 5.74) is -0.638. The number of hydrogen-bond acceptors (Lipinski definition) is 3. The van der Waals surface area contributed by atoms with Crippen LogP contribution in [0.2, 0.25) is 0 Å². The largest absolute Gasteiger partial charge is 0.364 e. The molecule has 5 nitrogen and oxygen atoms in total. The van der Waals surface area contributed by atoms with Gasteiger partial charge in [-0.2, -0.15) is 0 Å². The first kappa shape index (κ1) is 13.3. The minimum absolute atomic E-state index is 0.0290. The van der Waals surface area contributed by atoms with Gasteiger partial charge in [-0.25, -0.2) is 9.69 Å². The summed E-state index contributed by atoms with van der Waals surface area (Å²) in [5.74, 6) is 0.300. The van der Waals surface area contributed by atoms with Gasteiger partial charge >= 0.3 is 6.03 Å². The van der Waals surface area contributed by atoms with E-state index >= 15 is 0 Å². The van der Waals surface area contributed by atoms with E-state index in [1.807, 2.05) is 0 Å². The SMILES string of the molecule is COCN1C(=O)NC2(CC(C)CC(C)(C)C2)C1=O. The first-order valence-electron chi connectivity index (χ1n) is 6.43. The molecule has 5 heteroatoms. The van der Waals surface area contributed by atoms with Gasteiger partial charge in [0.25, 0.3) is 5.91 Å². The van der Waals surface area contributed by atoms with Gasteiger partial charge in [0, 0.05) is 7.11 Å². The minimum Gasteiger partial charge on any atom is -0.364 e. The van der Waals surface area contributed by atoms with Crippen LogP contribution in [0, 0.1) is 11.3 Å². The Bertz CT molecular complexity index is 380. The summed E-state index contributed by atoms with van der Waals surface area (Å²) < 4.78 is 4.92. The summed E-state index contributed by atoms with van der Waals surface area (Å²) in [6, 6.07) is -0.327. The first-order chi connectivity index (χ1) is 8.30. The monoisotopic (exact) mass is 254 g/mol. The highest BCUT2D eigenvalue weighted by atomic mass is 16.5. The molecule has 1 aliphatic heterocycles. The molecule has 0 aromatic rings. The number of rotatable bonds is 2. The third-order valence-electron chi connectivity index (χ3n) is 3.88. The van der Waals surface area contributed by atoms with Crippen molar-refractivity contribution in [3.8, 4) is 0 Å².